The van der Waals surface area contributed by atoms with Crippen LogP contribution >= 0.6 is 0 Å². The Balaban J connectivity index is 1.67. The molecule has 0 aromatic heterocycles. The lowest BCUT2D eigenvalue weighted by atomic mass is 9.91. The van der Waals surface area contributed by atoms with Crippen molar-refractivity contribution in [1.29, 1.82) is 0 Å². The number of ether oxygens (including phenoxy) is 1. The van der Waals surface area contributed by atoms with Crippen molar-refractivity contribution in [2.24, 2.45) is 0 Å². The van der Waals surface area contributed by atoms with Crippen molar-refractivity contribution in [2.45, 2.75) is 56.9 Å². The molecule has 0 saturated heterocycles. The van der Waals surface area contributed by atoms with Crippen molar-refractivity contribution < 1.29 is 14.9 Å². The van der Waals surface area contributed by atoms with Gasteiger partial charge in [0.1, 0.15) is 5.75 Å². The van der Waals surface area contributed by atoms with Crippen LogP contribution in [0, 0.1) is 0 Å². The molecule has 4 heteroatoms. The molecule has 0 amide bonds. The molecule has 0 spiro atoms. The van der Waals surface area contributed by atoms with E-state index in [1.54, 1.807) is 7.11 Å². The maximum atomic E-state index is 10.6. The number of rotatable bonds is 8. The summed E-state index contributed by atoms with van der Waals surface area (Å²) in [6.07, 6.45) is 3.83. The average molecular weight is 370 g/mol. The Morgan fingerprint density at radius 2 is 1.78 bits per heavy atom. The molecule has 1 saturated carbocycles. The fraction of sp³-hybridized carbons (Fsp3) is 0.478. The molecule has 0 aliphatic heterocycles. The summed E-state index contributed by atoms with van der Waals surface area (Å²) in [7, 11) is 1.69. The molecule has 0 bridgehead atoms. The van der Waals surface area contributed by atoms with Crippen LogP contribution < -0.4 is 4.74 Å². The Kier molecular flexibility index (Phi) is 7.27. The number of methoxy groups -OCH3 is 1. The smallest absolute Gasteiger partial charge is 0.119 e. The lowest BCUT2D eigenvalue weighted by Crippen LogP contribution is -2.39. The molecule has 1 atom stereocenters. The average Bonchev–Trinajstić information content (AvgIpc) is 2.72. The van der Waals surface area contributed by atoms with Crippen LogP contribution in [0.3, 0.4) is 0 Å². The highest BCUT2D eigenvalue weighted by atomic mass is 16.5. The third-order valence-electron chi connectivity index (χ3n) is 5.58. The van der Waals surface area contributed by atoms with Crippen molar-refractivity contribution in [3.05, 3.63) is 65.7 Å². The number of hydrogen-bond donors (Lipinski definition) is 2. The Hall–Kier alpha value is -1.88. The first kappa shape index (κ1) is 19.9. The second kappa shape index (κ2) is 9.88. The molecule has 1 aliphatic rings. The molecule has 0 unspecified atom stereocenters. The third-order valence-corrected chi connectivity index (χ3v) is 5.58. The summed E-state index contributed by atoms with van der Waals surface area (Å²) < 4.78 is 5.36. The van der Waals surface area contributed by atoms with E-state index in [0.29, 0.717) is 12.5 Å². The largest absolute Gasteiger partial charge is 0.497 e. The predicted octanol–water partition coefficient (Wildman–Crippen LogP) is 3.92. The Labute approximate surface area is 162 Å². The van der Waals surface area contributed by atoms with Crippen LogP contribution in [0.25, 0.3) is 0 Å². The van der Waals surface area contributed by atoms with E-state index in [1.165, 1.54) is 5.56 Å². The highest BCUT2D eigenvalue weighted by Gasteiger charge is 2.25. The number of aliphatic hydroxyl groups excluding tert-OH is 2. The van der Waals surface area contributed by atoms with Crippen molar-refractivity contribution in [3.63, 3.8) is 0 Å². The minimum atomic E-state index is -0.451. The molecule has 2 aromatic rings. The van der Waals surface area contributed by atoms with E-state index in [4.69, 9.17) is 4.74 Å². The van der Waals surface area contributed by atoms with E-state index in [2.05, 4.69) is 17.0 Å². The highest BCUT2D eigenvalue weighted by molar-refractivity contribution is 5.28. The van der Waals surface area contributed by atoms with Crippen molar-refractivity contribution in [1.82, 2.24) is 4.90 Å². The van der Waals surface area contributed by atoms with E-state index in [0.717, 1.165) is 50.1 Å². The van der Waals surface area contributed by atoms with Gasteiger partial charge in [0.25, 0.3) is 0 Å². The molecule has 0 radical (unpaired) electrons. The molecular weight excluding hydrogens is 338 g/mol. The topological polar surface area (TPSA) is 52.9 Å². The first-order valence-corrected chi connectivity index (χ1v) is 9.93. The summed E-state index contributed by atoms with van der Waals surface area (Å²) in [6, 6.07) is 18.5. The van der Waals surface area contributed by atoms with Crippen LogP contribution in [0.4, 0.5) is 0 Å². The number of benzene rings is 2. The fourth-order valence-electron chi connectivity index (χ4n) is 3.95. The Morgan fingerprint density at radius 3 is 2.48 bits per heavy atom. The Bertz CT molecular complexity index is 683. The fourth-order valence-corrected chi connectivity index (χ4v) is 3.95. The molecule has 0 heterocycles. The molecule has 4 nitrogen and oxygen atoms in total. The molecular formula is C23H31NO3. The predicted molar refractivity (Wildman–Crippen MR) is 108 cm³/mol. The van der Waals surface area contributed by atoms with Crippen LogP contribution in [0.5, 0.6) is 5.75 Å². The standard InChI is InChI=1S/C23H31NO3/c1-27-22-9-5-6-18(16-22)17-24(20-10-12-21(25)13-11-20)15-14-23(26)19-7-3-2-4-8-19/h2-9,16,20-21,23,25-26H,10-15,17H2,1H3/t20?,21?,23-/m1/s1. The minimum absolute atomic E-state index is 0.158. The van der Waals surface area contributed by atoms with Gasteiger partial charge in [-0.25, -0.2) is 0 Å². The summed E-state index contributed by atoms with van der Waals surface area (Å²) in [5, 5.41) is 20.4. The first-order chi connectivity index (χ1) is 13.2. The summed E-state index contributed by atoms with van der Waals surface area (Å²) in [4.78, 5) is 2.47. The van der Waals surface area contributed by atoms with Crippen LogP contribution in [-0.2, 0) is 6.54 Å². The third kappa shape index (κ3) is 5.80. The zero-order valence-electron chi connectivity index (χ0n) is 16.1. The van der Waals surface area contributed by atoms with Crippen LogP contribution in [0.1, 0.15) is 49.3 Å². The van der Waals surface area contributed by atoms with Gasteiger partial charge >= 0.3 is 0 Å². The van der Waals surface area contributed by atoms with Gasteiger partial charge in [-0.15, -0.1) is 0 Å². The van der Waals surface area contributed by atoms with Gasteiger partial charge in [-0.2, -0.15) is 0 Å². The maximum absolute atomic E-state index is 10.6. The maximum Gasteiger partial charge on any atom is 0.119 e. The second-order valence-electron chi connectivity index (χ2n) is 7.50. The summed E-state index contributed by atoms with van der Waals surface area (Å²) in [5.74, 6) is 0.871. The van der Waals surface area contributed by atoms with Crippen LogP contribution in [-0.4, -0.2) is 40.9 Å². The molecule has 1 aliphatic carbocycles. The summed E-state index contributed by atoms with van der Waals surface area (Å²) in [5.41, 5.74) is 2.19. The zero-order valence-corrected chi connectivity index (χ0v) is 16.1. The molecule has 2 aromatic carbocycles. The quantitative estimate of drug-likeness (QED) is 0.740. The molecule has 2 N–H and O–H groups in total. The lowest BCUT2D eigenvalue weighted by Gasteiger charge is -2.36. The van der Waals surface area contributed by atoms with Gasteiger partial charge in [0, 0.05) is 19.1 Å². The van der Waals surface area contributed by atoms with E-state index in [1.807, 2.05) is 42.5 Å². The molecule has 146 valence electrons. The van der Waals surface area contributed by atoms with Crippen molar-refractivity contribution in [3.8, 4) is 5.75 Å². The van der Waals surface area contributed by atoms with Crippen molar-refractivity contribution in [2.75, 3.05) is 13.7 Å². The highest BCUT2D eigenvalue weighted by Crippen LogP contribution is 2.27. The SMILES string of the molecule is COc1cccc(CN(CC[C@@H](O)c2ccccc2)C2CCC(O)CC2)c1. The van der Waals surface area contributed by atoms with Crippen LogP contribution in [0.2, 0.25) is 0 Å². The number of hydrogen-bond acceptors (Lipinski definition) is 4. The van der Waals surface area contributed by atoms with Crippen LogP contribution in [0.15, 0.2) is 54.6 Å². The van der Waals surface area contributed by atoms with E-state index in [-0.39, 0.29) is 6.10 Å². The monoisotopic (exact) mass is 369 g/mol. The first-order valence-electron chi connectivity index (χ1n) is 9.93. The number of aliphatic hydroxyl groups is 2. The lowest BCUT2D eigenvalue weighted by molar-refractivity contribution is 0.0592. The zero-order chi connectivity index (χ0) is 19.1. The molecule has 3 rings (SSSR count). The van der Waals surface area contributed by atoms with Gasteiger partial charge in [0.05, 0.1) is 19.3 Å². The Morgan fingerprint density at radius 1 is 1.04 bits per heavy atom. The van der Waals surface area contributed by atoms with E-state index < -0.39 is 6.10 Å². The number of nitrogens with zero attached hydrogens (tertiary/aromatic N) is 1. The van der Waals surface area contributed by atoms with Gasteiger partial charge in [0.15, 0.2) is 0 Å². The van der Waals surface area contributed by atoms with Gasteiger partial charge < -0.3 is 14.9 Å². The van der Waals surface area contributed by atoms with E-state index >= 15 is 0 Å². The minimum Gasteiger partial charge on any atom is -0.497 e. The summed E-state index contributed by atoms with van der Waals surface area (Å²) in [6.45, 7) is 1.66. The van der Waals surface area contributed by atoms with Crippen molar-refractivity contribution >= 4 is 0 Å². The summed E-state index contributed by atoms with van der Waals surface area (Å²) >= 11 is 0. The normalized spacial score (nSPS) is 21.2. The van der Waals surface area contributed by atoms with Gasteiger partial charge in [0.2, 0.25) is 0 Å². The van der Waals surface area contributed by atoms with Gasteiger partial charge in [-0.05, 0) is 55.4 Å². The van der Waals surface area contributed by atoms with E-state index in [9.17, 15) is 10.2 Å². The molecule has 27 heavy (non-hydrogen) atoms. The van der Waals surface area contributed by atoms with Gasteiger partial charge in [-0.3, -0.25) is 4.90 Å². The molecule has 1 fully saturated rings. The second-order valence-corrected chi connectivity index (χ2v) is 7.50. The van der Waals surface area contributed by atoms with Gasteiger partial charge in [-0.1, -0.05) is 42.5 Å².